The standard InChI is InChI=1S/C16H26N2O2/c1-3-18-9-8-13(12-18)10-17-11-14-6-5-7-15(16(14)19)20-4-2/h5-7,13,17,19H,3-4,8-12H2,1-2H3. The molecule has 0 radical (unpaired) electrons. The highest BCUT2D eigenvalue weighted by Crippen LogP contribution is 2.29. The first-order chi connectivity index (χ1) is 9.74. The third-order valence-electron chi connectivity index (χ3n) is 3.95. The first-order valence-electron chi connectivity index (χ1n) is 7.61. The molecule has 1 aromatic carbocycles. The van der Waals surface area contributed by atoms with Gasteiger partial charge in [0.2, 0.25) is 0 Å². The highest BCUT2D eigenvalue weighted by molar-refractivity contribution is 5.45. The summed E-state index contributed by atoms with van der Waals surface area (Å²) in [5.74, 6) is 1.57. The van der Waals surface area contributed by atoms with Crippen molar-refractivity contribution in [3.63, 3.8) is 0 Å². The van der Waals surface area contributed by atoms with Gasteiger partial charge in [-0.25, -0.2) is 0 Å². The van der Waals surface area contributed by atoms with Crippen LogP contribution in [0.4, 0.5) is 0 Å². The zero-order valence-electron chi connectivity index (χ0n) is 12.6. The monoisotopic (exact) mass is 278 g/mol. The van der Waals surface area contributed by atoms with Crippen LogP contribution in [0.15, 0.2) is 18.2 Å². The van der Waals surface area contributed by atoms with Crippen molar-refractivity contribution in [1.82, 2.24) is 10.2 Å². The van der Waals surface area contributed by atoms with Crippen LogP contribution in [-0.2, 0) is 6.54 Å². The molecule has 2 N–H and O–H groups in total. The van der Waals surface area contributed by atoms with E-state index in [9.17, 15) is 5.11 Å². The summed E-state index contributed by atoms with van der Waals surface area (Å²) in [6.07, 6.45) is 1.27. The van der Waals surface area contributed by atoms with Crippen LogP contribution >= 0.6 is 0 Å². The first-order valence-corrected chi connectivity index (χ1v) is 7.61. The Morgan fingerprint density at radius 1 is 1.40 bits per heavy atom. The molecule has 1 saturated heterocycles. The maximum Gasteiger partial charge on any atom is 0.162 e. The molecule has 1 fully saturated rings. The number of benzene rings is 1. The van der Waals surface area contributed by atoms with Gasteiger partial charge >= 0.3 is 0 Å². The van der Waals surface area contributed by atoms with Gasteiger partial charge in [-0.05, 0) is 45.0 Å². The zero-order chi connectivity index (χ0) is 14.4. The molecule has 0 saturated carbocycles. The molecular weight excluding hydrogens is 252 g/mol. The second-order valence-electron chi connectivity index (χ2n) is 5.38. The van der Waals surface area contributed by atoms with Crippen molar-refractivity contribution in [3.05, 3.63) is 23.8 Å². The molecule has 1 atom stereocenters. The Bertz CT molecular complexity index is 423. The Hall–Kier alpha value is -1.26. The maximum atomic E-state index is 10.1. The lowest BCUT2D eigenvalue weighted by molar-refractivity contribution is 0.316. The number of likely N-dealkylation sites (tertiary alicyclic amines) is 1. The van der Waals surface area contributed by atoms with E-state index in [0.717, 1.165) is 24.6 Å². The number of hydrogen-bond acceptors (Lipinski definition) is 4. The van der Waals surface area contributed by atoms with Gasteiger partial charge in [0.1, 0.15) is 0 Å². The maximum absolute atomic E-state index is 10.1. The predicted molar refractivity (Wildman–Crippen MR) is 81.2 cm³/mol. The van der Waals surface area contributed by atoms with Crippen molar-refractivity contribution in [3.8, 4) is 11.5 Å². The molecule has 4 heteroatoms. The largest absolute Gasteiger partial charge is 0.504 e. The van der Waals surface area contributed by atoms with E-state index in [2.05, 4.69) is 17.1 Å². The lowest BCUT2D eigenvalue weighted by Crippen LogP contribution is -2.26. The number of phenolic OH excluding ortho intramolecular Hbond substituents is 1. The molecule has 0 spiro atoms. The second-order valence-corrected chi connectivity index (χ2v) is 5.38. The van der Waals surface area contributed by atoms with E-state index >= 15 is 0 Å². The second kappa shape index (κ2) is 7.50. The Morgan fingerprint density at radius 3 is 2.95 bits per heavy atom. The van der Waals surface area contributed by atoms with E-state index in [0.29, 0.717) is 18.9 Å². The van der Waals surface area contributed by atoms with E-state index in [4.69, 9.17) is 4.74 Å². The van der Waals surface area contributed by atoms with E-state index in [-0.39, 0.29) is 5.75 Å². The van der Waals surface area contributed by atoms with E-state index in [1.807, 2.05) is 19.1 Å². The predicted octanol–water partition coefficient (Wildman–Crippen LogP) is 2.22. The number of nitrogens with one attached hydrogen (secondary N) is 1. The summed E-state index contributed by atoms with van der Waals surface area (Å²) in [5, 5.41) is 13.6. The van der Waals surface area contributed by atoms with Gasteiger partial charge in [0.05, 0.1) is 6.61 Å². The Balaban J connectivity index is 1.81. The van der Waals surface area contributed by atoms with Crippen molar-refractivity contribution in [1.29, 1.82) is 0 Å². The lowest BCUT2D eigenvalue weighted by atomic mass is 10.1. The van der Waals surface area contributed by atoms with Gasteiger partial charge in [-0.1, -0.05) is 19.1 Å². The third-order valence-corrected chi connectivity index (χ3v) is 3.95. The van der Waals surface area contributed by atoms with Gasteiger partial charge in [0.15, 0.2) is 11.5 Å². The molecule has 1 unspecified atom stereocenters. The minimum Gasteiger partial charge on any atom is -0.504 e. The SMILES string of the molecule is CCOc1cccc(CNCC2CCN(CC)C2)c1O. The topological polar surface area (TPSA) is 44.7 Å². The number of aromatic hydroxyl groups is 1. The molecule has 2 rings (SSSR count). The van der Waals surface area contributed by atoms with E-state index < -0.39 is 0 Å². The average molecular weight is 278 g/mol. The van der Waals surface area contributed by atoms with Crippen molar-refractivity contribution >= 4 is 0 Å². The van der Waals surface area contributed by atoms with Crippen molar-refractivity contribution in [2.75, 3.05) is 32.8 Å². The molecular formula is C16H26N2O2. The first kappa shape index (κ1) is 15.1. The number of ether oxygens (including phenoxy) is 1. The van der Waals surface area contributed by atoms with E-state index in [1.54, 1.807) is 6.07 Å². The highest BCUT2D eigenvalue weighted by atomic mass is 16.5. The Kier molecular flexibility index (Phi) is 5.68. The Labute approximate surface area is 121 Å². The fourth-order valence-electron chi connectivity index (χ4n) is 2.76. The van der Waals surface area contributed by atoms with Gasteiger partial charge in [-0.15, -0.1) is 0 Å². The molecule has 20 heavy (non-hydrogen) atoms. The van der Waals surface area contributed by atoms with Crippen LogP contribution in [0.3, 0.4) is 0 Å². The van der Waals surface area contributed by atoms with E-state index in [1.165, 1.54) is 19.5 Å². The van der Waals surface area contributed by atoms with Crippen LogP contribution in [0.25, 0.3) is 0 Å². The lowest BCUT2D eigenvalue weighted by Gasteiger charge is -2.15. The third kappa shape index (κ3) is 3.87. The van der Waals surface area contributed by atoms with Crippen molar-refractivity contribution < 1.29 is 9.84 Å². The summed E-state index contributed by atoms with van der Waals surface area (Å²) in [6, 6.07) is 5.67. The van der Waals surface area contributed by atoms with Crippen LogP contribution in [0.5, 0.6) is 11.5 Å². The quantitative estimate of drug-likeness (QED) is 0.803. The normalized spacial score (nSPS) is 19.4. The molecule has 0 aromatic heterocycles. The molecule has 1 heterocycles. The molecule has 4 nitrogen and oxygen atoms in total. The molecule has 0 aliphatic carbocycles. The zero-order valence-corrected chi connectivity index (χ0v) is 12.6. The van der Waals surface area contributed by atoms with Crippen molar-refractivity contribution in [2.24, 2.45) is 5.92 Å². The fourth-order valence-corrected chi connectivity index (χ4v) is 2.76. The van der Waals surface area contributed by atoms with Crippen LogP contribution in [0, 0.1) is 5.92 Å². The summed E-state index contributed by atoms with van der Waals surface area (Å²) in [6.45, 7) is 9.95. The molecule has 0 bridgehead atoms. The number of hydrogen-bond donors (Lipinski definition) is 2. The number of para-hydroxylation sites is 1. The van der Waals surface area contributed by atoms with Crippen LogP contribution in [0.1, 0.15) is 25.8 Å². The summed E-state index contributed by atoms with van der Waals surface area (Å²) >= 11 is 0. The summed E-state index contributed by atoms with van der Waals surface area (Å²) in [4.78, 5) is 2.49. The van der Waals surface area contributed by atoms with Crippen LogP contribution < -0.4 is 10.1 Å². The van der Waals surface area contributed by atoms with Gasteiger partial charge in [0.25, 0.3) is 0 Å². The number of phenols is 1. The molecule has 1 aromatic rings. The molecule has 1 aliphatic rings. The minimum absolute atomic E-state index is 0.267. The summed E-state index contributed by atoms with van der Waals surface area (Å²) in [7, 11) is 0. The average Bonchev–Trinajstić information content (AvgIpc) is 2.91. The van der Waals surface area contributed by atoms with Crippen LogP contribution in [-0.4, -0.2) is 42.8 Å². The smallest absolute Gasteiger partial charge is 0.162 e. The fraction of sp³-hybridized carbons (Fsp3) is 0.625. The van der Waals surface area contributed by atoms with Gasteiger partial charge in [-0.2, -0.15) is 0 Å². The van der Waals surface area contributed by atoms with Crippen LogP contribution in [0.2, 0.25) is 0 Å². The Morgan fingerprint density at radius 2 is 2.25 bits per heavy atom. The highest BCUT2D eigenvalue weighted by Gasteiger charge is 2.20. The number of nitrogens with zero attached hydrogens (tertiary/aromatic N) is 1. The molecule has 1 aliphatic heterocycles. The van der Waals surface area contributed by atoms with Gasteiger partial charge in [0, 0.05) is 18.7 Å². The summed E-state index contributed by atoms with van der Waals surface area (Å²) in [5.41, 5.74) is 0.904. The number of rotatable bonds is 7. The molecule has 112 valence electrons. The molecule has 0 amide bonds. The van der Waals surface area contributed by atoms with Gasteiger partial charge in [-0.3, -0.25) is 0 Å². The van der Waals surface area contributed by atoms with Crippen molar-refractivity contribution in [2.45, 2.75) is 26.8 Å². The summed E-state index contributed by atoms with van der Waals surface area (Å²) < 4.78 is 5.40. The minimum atomic E-state index is 0.267. The van der Waals surface area contributed by atoms with Gasteiger partial charge < -0.3 is 20.1 Å².